The molecule has 1 amide bonds. The van der Waals surface area contributed by atoms with Gasteiger partial charge in [0.1, 0.15) is 0 Å². The number of benzene rings is 1. The van der Waals surface area contributed by atoms with Crippen molar-refractivity contribution >= 4 is 34.8 Å². The second-order valence-corrected chi connectivity index (χ2v) is 7.91. The van der Waals surface area contributed by atoms with E-state index in [0.717, 1.165) is 28.0 Å². The predicted molar refractivity (Wildman–Crippen MR) is 108 cm³/mol. The maximum atomic E-state index is 12.5. The minimum atomic E-state index is -0.0834. The number of Topliss-reactive ketones (excluding diaryl/α,β-unsaturated/α-hetero) is 1. The monoisotopic (exact) mass is 400 g/mol. The third kappa shape index (κ3) is 4.84. The minimum absolute atomic E-state index is 0.0472. The molecule has 0 radical (unpaired) electrons. The summed E-state index contributed by atoms with van der Waals surface area (Å²) in [6, 6.07) is 13.6. The molecule has 8 heteroatoms. The van der Waals surface area contributed by atoms with Gasteiger partial charge in [0.25, 0.3) is 0 Å². The van der Waals surface area contributed by atoms with Crippen LogP contribution in [0.2, 0.25) is 0 Å². The first-order chi connectivity index (χ1) is 13.1. The van der Waals surface area contributed by atoms with Crippen molar-refractivity contribution in [3.63, 3.8) is 0 Å². The van der Waals surface area contributed by atoms with Gasteiger partial charge >= 0.3 is 0 Å². The molecule has 3 aromatic rings. The fourth-order valence-electron chi connectivity index (χ4n) is 2.52. The number of hydrogen-bond donors (Lipinski definition) is 1. The van der Waals surface area contributed by atoms with E-state index < -0.39 is 0 Å². The summed E-state index contributed by atoms with van der Waals surface area (Å²) in [6.45, 7) is 4.69. The Balaban J connectivity index is 1.66. The lowest BCUT2D eigenvalue weighted by Gasteiger charge is -2.06. The number of carbonyl (C=O) groups excluding carboxylic acids is 2. The van der Waals surface area contributed by atoms with Crippen molar-refractivity contribution < 1.29 is 9.59 Å². The van der Waals surface area contributed by atoms with Gasteiger partial charge in [-0.2, -0.15) is 0 Å². The Bertz CT molecular complexity index is 934. The highest BCUT2D eigenvalue weighted by atomic mass is 32.2. The SMILES string of the molecule is CCn1c(SCC(=O)c2ccc(CNC(C)=O)s2)nnc1-c1ccccc1. The van der Waals surface area contributed by atoms with Gasteiger partial charge in [-0.15, -0.1) is 21.5 Å². The number of aromatic nitrogens is 3. The van der Waals surface area contributed by atoms with Crippen LogP contribution in [0.15, 0.2) is 47.6 Å². The summed E-state index contributed by atoms with van der Waals surface area (Å²) < 4.78 is 2.02. The molecule has 0 aliphatic heterocycles. The van der Waals surface area contributed by atoms with Crippen molar-refractivity contribution in [1.29, 1.82) is 0 Å². The van der Waals surface area contributed by atoms with E-state index in [-0.39, 0.29) is 11.7 Å². The minimum Gasteiger partial charge on any atom is -0.351 e. The lowest BCUT2D eigenvalue weighted by Crippen LogP contribution is -2.18. The fraction of sp³-hybridized carbons (Fsp3) is 0.263. The number of carbonyl (C=O) groups is 2. The zero-order valence-corrected chi connectivity index (χ0v) is 16.8. The van der Waals surface area contributed by atoms with Gasteiger partial charge < -0.3 is 9.88 Å². The first-order valence-electron chi connectivity index (χ1n) is 8.56. The van der Waals surface area contributed by atoms with Crippen molar-refractivity contribution in [2.45, 2.75) is 32.1 Å². The van der Waals surface area contributed by atoms with E-state index in [0.29, 0.717) is 17.2 Å². The quantitative estimate of drug-likeness (QED) is 0.461. The molecular weight excluding hydrogens is 380 g/mol. The summed E-state index contributed by atoms with van der Waals surface area (Å²) in [7, 11) is 0. The molecule has 0 fully saturated rings. The molecule has 0 aliphatic rings. The van der Waals surface area contributed by atoms with Gasteiger partial charge in [-0.1, -0.05) is 42.1 Å². The smallest absolute Gasteiger partial charge is 0.217 e. The first-order valence-corrected chi connectivity index (χ1v) is 10.4. The second kappa shape index (κ2) is 8.96. The standard InChI is InChI=1S/C19H20N4O2S2/c1-3-23-18(14-7-5-4-6-8-14)21-22-19(23)26-12-16(25)17-10-9-15(27-17)11-20-13(2)24/h4-10H,3,11-12H2,1-2H3,(H,20,24). The topological polar surface area (TPSA) is 76.9 Å². The van der Waals surface area contributed by atoms with Crippen molar-refractivity contribution in [3.8, 4) is 11.4 Å². The van der Waals surface area contributed by atoms with Gasteiger partial charge in [0.05, 0.1) is 17.2 Å². The average molecular weight is 401 g/mol. The molecule has 0 bridgehead atoms. The van der Waals surface area contributed by atoms with Crippen molar-refractivity contribution in [2.75, 3.05) is 5.75 Å². The summed E-state index contributed by atoms with van der Waals surface area (Å²) in [6.07, 6.45) is 0. The Hall–Kier alpha value is -2.45. The highest BCUT2D eigenvalue weighted by molar-refractivity contribution is 7.99. The molecule has 0 saturated carbocycles. The highest BCUT2D eigenvalue weighted by Gasteiger charge is 2.16. The zero-order valence-electron chi connectivity index (χ0n) is 15.1. The molecule has 0 atom stereocenters. The van der Waals surface area contributed by atoms with Crippen LogP contribution in [0, 0.1) is 0 Å². The van der Waals surface area contributed by atoms with Gasteiger partial charge in [0.2, 0.25) is 5.91 Å². The normalized spacial score (nSPS) is 10.7. The maximum absolute atomic E-state index is 12.5. The Morgan fingerprint density at radius 2 is 1.93 bits per heavy atom. The largest absolute Gasteiger partial charge is 0.351 e. The Morgan fingerprint density at radius 1 is 1.15 bits per heavy atom. The number of nitrogens with one attached hydrogen (secondary N) is 1. The van der Waals surface area contributed by atoms with Gasteiger partial charge in [-0.05, 0) is 19.1 Å². The lowest BCUT2D eigenvalue weighted by molar-refractivity contribution is -0.119. The zero-order chi connectivity index (χ0) is 19.2. The fourth-order valence-corrected chi connectivity index (χ4v) is 4.38. The molecule has 3 rings (SSSR count). The molecule has 2 heterocycles. The number of rotatable bonds is 8. The van der Waals surface area contributed by atoms with Crippen LogP contribution in [-0.4, -0.2) is 32.2 Å². The molecule has 2 aromatic heterocycles. The van der Waals surface area contributed by atoms with Crippen molar-refractivity contribution in [1.82, 2.24) is 20.1 Å². The number of thioether (sulfide) groups is 1. The molecule has 1 N–H and O–H groups in total. The van der Waals surface area contributed by atoms with Gasteiger partial charge in [-0.25, -0.2) is 0 Å². The maximum Gasteiger partial charge on any atom is 0.217 e. The van der Waals surface area contributed by atoms with E-state index in [2.05, 4.69) is 15.5 Å². The Morgan fingerprint density at radius 3 is 2.63 bits per heavy atom. The molecule has 27 heavy (non-hydrogen) atoms. The van der Waals surface area contributed by atoms with Gasteiger partial charge in [0.15, 0.2) is 16.8 Å². The summed E-state index contributed by atoms with van der Waals surface area (Å²) in [5.41, 5.74) is 1.01. The van der Waals surface area contributed by atoms with Crippen LogP contribution in [0.4, 0.5) is 0 Å². The first kappa shape index (κ1) is 19.3. The van der Waals surface area contributed by atoms with Crippen LogP contribution >= 0.6 is 23.1 Å². The van der Waals surface area contributed by atoms with Crippen molar-refractivity contribution in [3.05, 3.63) is 52.2 Å². The van der Waals surface area contributed by atoms with E-state index >= 15 is 0 Å². The molecule has 0 spiro atoms. The van der Waals surface area contributed by atoms with Crippen LogP contribution < -0.4 is 5.32 Å². The Kier molecular flexibility index (Phi) is 6.41. The summed E-state index contributed by atoms with van der Waals surface area (Å²) in [5, 5.41) is 12.0. The molecule has 0 unspecified atom stereocenters. The van der Waals surface area contributed by atoms with Crippen LogP contribution in [0.3, 0.4) is 0 Å². The number of ketones is 1. The number of hydrogen-bond acceptors (Lipinski definition) is 6. The van der Waals surface area contributed by atoms with E-state index in [4.69, 9.17) is 0 Å². The average Bonchev–Trinajstić information content (AvgIpc) is 3.32. The van der Waals surface area contributed by atoms with E-state index in [9.17, 15) is 9.59 Å². The predicted octanol–water partition coefficient (Wildman–Crippen LogP) is 3.64. The third-order valence-corrected chi connectivity index (χ3v) is 5.94. The highest BCUT2D eigenvalue weighted by Crippen LogP contribution is 2.25. The van der Waals surface area contributed by atoms with E-state index in [1.807, 2.05) is 54.0 Å². The van der Waals surface area contributed by atoms with Crippen molar-refractivity contribution in [2.24, 2.45) is 0 Å². The number of thiophene rings is 1. The third-order valence-electron chi connectivity index (χ3n) is 3.85. The summed E-state index contributed by atoms with van der Waals surface area (Å²) >= 11 is 2.80. The molecule has 140 valence electrons. The summed E-state index contributed by atoms with van der Waals surface area (Å²) in [5.74, 6) is 1.07. The lowest BCUT2D eigenvalue weighted by atomic mass is 10.2. The molecular formula is C19H20N4O2S2. The van der Waals surface area contributed by atoms with E-state index in [1.165, 1.54) is 30.0 Å². The molecule has 0 saturated heterocycles. The van der Waals surface area contributed by atoms with Crippen LogP contribution in [0.5, 0.6) is 0 Å². The number of amides is 1. The Labute approximate surface area is 166 Å². The van der Waals surface area contributed by atoms with Gasteiger partial charge in [-0.3, -0.25) is 9.59 Å². The molecule has 1 aromatic carbocycles. The molecule has 6 nitrogen and oxygen atoms in total. The van der Waals surface area contributed by atoms with Crippen LogP contribution in [0.1, 0.15) is 28.4 Å². The second-order valence-electron chi connectivity index (χ2n) is 5.80. The van der Waals surface area contributed by atoms with E-state index in [1.54, 1.807) is 0 Å². The van der Waals surface area contributed by atoms with Gasteiger partial charge in [0, 0.05) is 23.9 Å². The summed E-state index contributed by atoms with van der Waals surface area (Å²) in [4.78, 5) is 25.1. The number of nitrogens with zero attached hydrogens (tertiary/aromatic N) is 3. The van der Waals surface area contributed by atoms with Crippen LogP contribution in [-0.2, 0) is 17.9 Å². The van der Waals surface area contributed by atoms with Crippen LogP contribution in [0.25, 0.3) is 11.4 Å². The molecule has 0 aliphatic carbocycles.